The van der Waals surface area contributed by atoms with Crippen LogP contribution in [0.25, 0.3) is 0 Å². The van der Waals surface area contributed by atoms with Crippen LogP contribution >= 0.6 is 0 Å². The normalized spacial score (nSPS) is 22.4. The van der Waals surface area contributed by atoms with E-state index in [0.717, 1.165) is 6.42 Å². The van der Waals surface area contributed by atoms with Gasteiger partial charge >= 0.3 is 0 Å². The number of aliphatic hydroxyl groups excluding tert-OH is 1. The maximum Gasteiger partial charge on any atom is 0.0881 e. The summed E-state index contributed by atoms with van der Waals surface area (Å²) in [5.41, 5.74) is 0.0179. The van der Waals surface area contributed by atoms with Crippen molar-refractivity contribution in [3.8, 4) is 0 Å². The zero-order chi connectivity index (χ0) is 12.9. The first-order chi connectivity index (χ1) is 7.95. The minimum Gasteiger partial charge on any atom is -0.390 e. The lowest BCUT2D eigenvalue weighted by molar-refractivity contribution is -0.0958. The lowest BCUT2D eigenvalue weighted by Gasteiger charge is -2.36. The zero-order valence-corrected chi connectivity index (χ0v) is 12.0. The summed E-state index contributed by atoms with van der Waals surface area (Å²) in [4.78, 5) is 0. The third-order valence-corrected chi connectivity index (χ3v) is 3.85. The molecule has 2 nitrogen and oxygen atoms in total. The molecule has 17 heavy (non-hydrogen) atoms. The highest BCUT2D eigenvalue weighted by Crippen LogP contribution is 2.32. The first kappa shape index (κ1) is 15.0. The van der Waals surface area contributed by atoms with Gasteiger partial charge in [-0.1, -0.05) is 52.9 Å². The maximum atomic E-state index is 10.4. The molecule has 1 aliphatic rings. The van der Waals surface area contributed by atoms with E-state index in [4.69, 9.17) is 4.74 Å². The Morgan fingerprint density at radius 2 is 1.76 bits per heavy atom. The number of hydrogen-bond donors (Lipinski definition) is 1. The molecule has 1 saturated carbocycles. The van der Waals surface area contributed by atoms with Gasteiger partial charge in [-0.05, 0) is 24.7 Å². The van der Waals surface area contributed by atoms with Gasteiger partial charge in [0.2, 0.25) is 0 Å². The van der Waals surface area contributed by atoms with Crippen LogP contribution in [0.4, 0.5) is 0 Å². The third kappa shape index (κ3) is 4.97. The molecule has 0 spiro atoms. The van der Waals surface area contributed by atoms with Crippen molar-refractivity contribution >= 4 is 0 Å². The van der Waals surface area contributed by atoms with Crippen molar-refractivity contribution in [3.05, 3.63) is 0 Å². The van der Waals surface area contributed by atoms with Crippen LogP contribution in [0, 0.1) is 11.3 Å². The monoisotopic (exact) mass is 242 g/mol. The van der Waals surface area contributed by atoms with Crippen LogP contribution in [0.3, 0.4) is 0 Å². The second-order valence-electron chi connectivity index (χ2n) is 6.55. The van der Waals surface area contributed by atoms with Gasteiger partial charge in [-0.2, -0.15) is 0 Å². The quantitative estimate of drug-likeness (QED) is 0.795. The predicted molar refractivity (Wildman–Crippen MR) is 72.1 cm³/mol. The summed E-state index contributed by atoms with van der Waals surface area (Å²) in [6.45, 7) is 9.14. The molecular formula is C15H30O2. The molecule has 0 aromatic rings. The van der Waals surface area contributed by atoms with E-state index < -0.39 is 0 Å². The number of rotatable bonds is 5. The van der Waals surface area contributed by atoms with E-state index in [-0.39, 0.29) is 17.6 Å². The molecule has 2 heteroatoms. The van der Waals surface area contributed by atoms with E-state index in [1.807, 2.05) is 6.92 Å². The molecule has 0 aromatic heterocycles. The maximum absolute atomic E-state index is 10.4. The smallest absolute Gasteiger partial charge is 0.0881 e. The zero-order valence-electron chi connectivity index (χ0n) is 12.0. The van der Waals surface area contributed by atoms with Gasteiger partial charge in [0.15, 0.2) is 0 Å². The average Bonchev–Trinajstić information content (AvgIpc) is 2.25. The largest absolute Gasteiger partial charge is 0.390 e. The second kappa shape index (κ2) is 6.75. The van der Waals surface area contributed by atoms with Crippen LogP contribution < -0.4 is 0 Å². The van der Waals surface area contributed by atoms with E-state index in [1.54, 1.807) is 0 Å². The summed E-state index contributed by atoms with van der Waals surface area (Å²) in [7, 11) is 0. The van der Waals surface area contributed by atoms with Gasteiger partial charge in [0.25, 0.3) is 0 Å². The predicted octanol–water partition coefficient (Wildman–Crippen LogP) is 3.77. The summed E-state index contributed by atoms with van der Waals surface area (Å²) in [5.74, 6) is 0.712. The van der Waals surface area contributed by atoms with Crippen molar-refractivity contribution in [1.29, 1.82) is 0 Å². The molecule has 102 valence electrons. The molecule has 0 saturated heterocycles. The van der Waals surface area contributed by atoms with Gasteiger partial charge in [-0.15, -0.1) is 0 Å². The Balaban J connectivity index is 2.48. The Labute approximate surface area is 107 Å². The van der Waals surface area contributed by atoms with Gasteiger partial charge in [-0.25, -0.2) is 0 Å². The molecule has 0 radical (unpaired) electrons. The molecule has 1 aliphatic carbocycles. The van der Waals surface area contributed by atoms with E-state index in [2.05, 4.69) is 20.8 Å². The van der Waals surface area contributed by atoms with E-state index in [0.29, 0.717) is 12.5 Å². The molecule has 1 N–H and O–H groups in total. The summed E-state index contributed by atoms with van der Waals surface area (Å²) < 4.78 is 5.76. The van der Waals surface area contributed by atoms with Crippen molar-refractivity contribution in [2.24, 2.45) is 11.3 Å². The standard InChI is InChI=1S/C15H30O2/c1-5-17-14(15(2,3)4)13(16)11-12-9-7-6-8-10-12/h12-14,16H,5-11H2,1-4H3. The van der Waals surface area contributed by atoms with Gasteiger partial charge in [0.1, 0.15) is 0 Å². The van der Waals surface area contributed by atoms with Crippen LogP contribution in [0.1, 0.15) is 66.2 Å². The number of ether oxygens (including phenoxy) is 1. The van der Waals surface area contributed by atoms with Crippen LogP contribution in [0.5, 0.6) is 0 Å². The molecule has 1 rings (SSSR count). The fraction of sp³-hybridized carbons (Fsp3) is 1.00. The summed E-state index contributed by atoms with van der Waals surface area (Å²) in [6, 6.07) is 0. The molecule has 0 aliphatic heterocycles. The highest BCUT2D eigenvalue weighted by molar-refractivity contribution is 4.83. The Kier molecular flexibility index (Phi) is 5.94. The van der Waals surface area contributed by atoms with Crippen LogP contribution in [-0.4, -0.2) is 23.9 Å². The van der Waals surface area contributed by atoms with Gasteiger partial charge < -0.3 is 9.84 Å². The molecule has 2 unspecified atom stereocenters. The van der Waals surface area contributed by atoms with Crippen LogP contribution in [0.2, 0.25) is 0 Å². The second-order valence-corrected chi connectivity index (χ2v) is 6.55. The van der Waals surface area contributed by atoms with Crippen LogP contribution in [-0.2, 0) is 4.74 Å². The van der Waals surface area contributed by atoms with Crippen molar-refractivity contribution < 1.29 is 9.84 Å². The molecule has 2 atom stereocenters. The number of hydrogen-bond acceptors (Lipinski definition) is 2. The molecule has 1 fully saturated rings. The summed E-state index contributed by atoms with van der Waals surface area (Å²) in [6.07, 6.45) is 7.22. The Bertz CT molecular complexity index is 201. The lowest BCUT2D eigenvalue weighted by atomic mass is 9.79. The molecule has 0 bridgehead atoms. The highest BCUT2D eigenvalue weighted by atomic mass is 16.5. The minimum absolute atomic E-state index is 0.0179. The SMILES string of the molecule is CCOC(C(O)CC1CCCCC1)C(C)(C)C. The van der Waals surface area contributed by atoms with Crippen molar-refractivity contribution in [3.63, 3.8) is 0 Å². The third-order valence-electron chi connectivity index (χ3n) is 3.85. The number of aliphatic hydroxyl groups is 1. The Morgan fingerprint density at radius 1 is 1.18 bits per heavy atom. The van der Waals surface area contributed by atoms with E-state index in [1.165, 1.54) is 32.1 Å². The van der Waals surface area contributed by atoms with Gasteiger partial charge in [0, 0.05) is 6.61 Å². The fourth-order valence-corrected chi connectivity index (χ4v) is 3.01. The van der Waals surface area contributed by atoms with Gasteiger partial charge in [-0.3, -0.25) is 0 Å². The highest BCUT2D eigenvalue weighted by Gasteiger charge is 2.33. The molecular weight excluding hydrogens is 212 g/mol. The van der Waals surface area contributed by atoms with Crippen molar-refractivity contribution in [2.75, 3.05) is 6.61 Å². The molecule has 0 heterocycles. The van der Waals surface area contributed by atoms with E-state index in [9.17, 15) is 5.11 Å². The van der Waals surface area contributed by atoms with E-state index >= 15 is 0 Å². The lowest BCUT2D eigenvalue weighted by Crippen LogP contribution is -2.41. The van der Waals surface area contributed by atoms with Crippen molar-refractivity contribution in [2.45, 2.75) is 78.4 Å². The van der Waals surface area contributed by atoms with Crippen LogP contribution in [0.15, 0.2) is 0 Å². The first-order valence-electron chi connectivity index (χ1n) is 7.24. The first-order valence-corrected chi connectivity index (χ1v) is 7.24. The summed E-state index contributed by atoms with van der Waals surface area (Å²) in [5, 5.41) is 10.4. The molecule has 0 amide bonds. The summed E-state index contributed by atoms with van der Waals surface area (Å²) >= 11 is 0. The minimum atomic E-state index is -0.307. The topological polar surface area (TPSA) is 29.5 Å². The van der Waals surface area contributed by atoms with Crippen molar-refractivity contribution in [1.82, 2.24) is 0 Å². The Morgan fingerprint density at radius 3 is 2.24 bits per heavy atom. The Hall–Kier alpha value is -0.0800. The van der Waals surface area contributed by atoms with Gasteiger partial charge in [0.05, 0.1) is 12.2 Å². The average molecular weight is 242 g/mol. The fourth-order valence-electron chi connectivity index (χ4n) is 3.01. The molecule has 0 aromatic carbocycles.